The van der Waals surface area contributed by atoms with E-state index in [0.717, 1.165) is 11.3 Å². The van der Waals surface area contributed by atoms with Gasteiger partial charge in [0.25, 0.3) is 0 Å². The van der Waals surface area contributed by atoms with Crippen molar-refractivity contribution in [2.24, 2.45) is 0 Å². The highest BCUT2D eigenvalue weighted by Crippen LogP contribution is 2.19. The molecule has 0 aliphatic rings. The highest BCUT2D eigenvalue weighted by Gasteiger charge is 1.99. The molecule has 1 aromatic heterocycles. The van der Waals surface area contributed by atoms with Gasteiger partial charge in [-0.3, -0.25) is 0 Å². The van der Waals surface area contributed by atoms with Crippen molar-refractivity contribution in [2.75, 3.05) is 0 Å². The van der Waals surface area contributed by atoms with Crippen LogP contribution < -0.4 is 5.11 Å². The Kier molecular flexibility index (Phi) is 2.07. The van der Waals surface area contributed by atoms with Crippen LogP contribution in [0.25, 0.3) is 11.3 Å². The molecule has 0 fully saturated rings. The Morgan fingerprint density at radius 2 is 1.86 bits per heavy atom. The monoisotopic (exact) mass is 187 g/mol. The van der Waals surface area contributed by atoms with Crippen LogP contribution in [0, 0.1) is 0 Å². The molecule has 3 nitrogen and oxygen atoms in total. The fraction of sp³-hybridized carbons (Fsp3) is 0. The number of benzene rings is 1. The van der Waals surface area contributed by atoms with Gasteiger partial charge < -0.3 is 14.3 Å². The van der Waals surface area contributed by atoms with Gasteiger partial charge >= 0.3 is 0 Å². The highest BCUT2D eigenvalue weighted by atomic mass is 16.4. The van der Waals surface area contributed by atoms with Gasteiger partial charge in [0, 0.05) is 5.56 Å². The molecule has 3 heteroatoms. The molecular formula is C11H7O3-. The van der Waals surface area contributed by atoms with Crippen LogP contribution in [-0.4, -0.2) is 5.97 Å². The fourth-order valence-corrected chi connectivity index (χ4v) is 1.21. The number of carbonyl (C=O) groups is 1. The maximum Gasteiger partial charge on any atom is 0.133 e. The third kappa shape index (κ3) is 1.52. The molecule has 0 aliphatic heterocycles. The lowest BCUT2D eigenvalue weighted by Gasteiger charge is -2.02. The van der Waals surface area contributed by atoms with Crippen LogP contribution in [-0.2, 0) is 0 Å². The van der Waals surface area contributed by atoms with Crippen LogP contribution in [0.4, 0.5) is 0 Å². The first kappa shape index (κ1) is 8.56. The average Bonchev–Trinajstić information content (AvgIpc) is 2.71. The van der Waals surface area contributed by atoms with E-state index < -0.39 is 5.97 Å². The number of carboxylic acid groups (broad SMARTS) is 1. The zero-order chi connectivity index (χ0) is 9.97. The van der Waals surface area contributed by atoms with Gasteiger partial charge in [-0.15, -0.1) is 0 Å². The third-order valence-electron chi connectivity index (χ3n) is 1.93. The van der Waals surface area contributed by atoms with E-state index in [1.807, 2.05) is 6.07 Å². The number of carbonyl (C=O) groups excluding carboxylic acids is 1. The van der Waals surface area contributed by atoms with Crippen LogP contribution in [0.15, 0.2) is 47.1 Å². The number of aromatic carboxylic acids is 1. The third-order valence-corrected chi connectivity index (χ3v) is 1.93. The molecule has 70 valence electrons. The Balaban J connectivity index is 2.36. The van der Waals surface area contributed by atoms with E-state index in [9.17, 15) is 9.90 Å². The summed E-state index contributed by atoms with van der Waals surface area (Å²) in [4.78, 5) is 10.5. The lowest BCUT2D eigenvalue weighted by atomic mass is 10.1. The summed E-state index contributed by atoms with van der Waals surface area (Å²) >= 11 is 0. The molecule has 2 aromatic rings. The molecule has 0 radical (unpaired) electrons. The summed E-state index contributed by atoms with van der Waals surface area (Å²) in [6, 6.07) is 9.95. The minimum absolute atomic E-state index is 0.167. The first-order chi connectivity index (χ1) is 6.77. The van der Waals surface area contributed by atoms with E-state index in [-0.39, 0.29) is 5.56 Å². The van der Waals surface area contributed by atoms with Gasteiger partial charge in [-0.1, -0.05) is 24.3 Å². The topological polar surface area (TPSA) is 53.3 Å². The molecule has 0 amide bonds. The first-order valence-corrected chi connectivity index (χ1v) is 4.12. The van der Waals surface area contributed by atoms with Crippen molar-refractivity contribution < 1.29 is 14.3 Å². The zero-order valence-corrected chi connectivity index (χ0v) is 7.27. The van der Waals surface area contributed by atoms with Crippen molar-refractivity contribution >= 4 is 5.97 Å². The average molecular weight is 187 g/mol. The van der Waals surface area contributed by atoms with Gasteiger partial charge in [-0.25, -0.2) is 0 Å². The quantitative estimate of drug-likeness (QED) is 0.712. The van der Waals surface area contributed by atoms with Crippen LogP contribution in [0.5, 0.6) is 0 Å². The lowest BCUT2D eigenvalue weighted by molar-refractivity contribution is -0.255. The van der Waals surface area contributed by atoms with E-state index in [2.05, 4.69) is 0 Å². The summed E-state index contributed by atoms with van der Waals surface area (Å²) in [5.74, 6) is -0.453. The van der Waals surface area contributed by atoms with Crippen LogP contribution in [0.1, 0.15) is 10.4 Å². The molecule has 0 atom stereocenters. The van der Waals surface area contributed by atoms with Gasteiger partial charge in [0.05, 0.1) is 12.2 Å². The largest absolute Gasteiger partial charge is 0.545 e. The molecule has 0 saturated carbocycles. The van der Waals surface area contributed by atoms with Crippen molar-refractivity contribution in [1.29, 1.82) is 0 Å². The summed E-state index contributed by atoms with van der Waals surface area (Å²) in [6.07, 6.45) is 1.57. The molecular weight excluding hydrogens is 180 g/mol. The van der Waals surface area contributed by atoms with Gasteiger partial charge in [0.2, 0.25) is 0 Å². The standard InChI is InChI=1S/C11H8O3/c12-11(13)9-5-3-8(4-6-9)10-2-1-7-14-10/h1-7H,(H,12,13)/p-1. The van der Waals surface area contributed by atoms with Gasteiger partial charge in [-0.05, 0) is 17.7 Å². The molecule has 0 bridgehead atoms. The van der Waals surface area contributed by atoms with Crippen molar-refractivity contribution in [3.63, 3.8) is 0 Å². The van der Waals surface area contributed by atoms with Crippen LogP contribution in [0.3, 0.4) is 0 Å². The van der Waals surface area contributed by atoms with Crippen LogP contribution >= 0.6 is 0 Å². The van der Waals surface area contributed by atoms with Crippen molar-refractivity contribution in [3.05, 3.63) is 48.2 Å². The Labute approximate surface area is 80.6 Å². The van der Waals surface area contributed by atoms with Gasteiger partial charge in [0.15, 0.2) is 0 Å². The van der Waals surface area contributed by atoms with Gasteiger partial charge in [-0.2, -0.15) is 0 Å². The highest BCUT2D eigenvalue weighted by molar-refractivity contribution is 5.86. The van der Waals surface area contributed by atoms with E-state index in [1.165, 1.54) is 12.1 Å². The predicted octanol–water partition coefficient (Wildman–Crippen LogP) is 1.31. The minimum Gasteiger partial charge on any atom is -0.545 e. The number of hydrogen-bond acceptors (Lipinski definition) is 3. The smallest absolute Gasteiger partial charge is 0.133 e. The van der Waals surface area contributed by atoms with Crippen LogP contribution in [0.2, 0.25) is 0 Å². The SMILES string of the molecule is O=C([O-])c1ccc(-c2ccco2)cc1. The molecule has 0 saturated heterocycles. The van der Waals surface area contributed by atoms with E-state index in [1.54, 1.807) is 24.5 Å². The molecule has 0 unspecified atom stereocenters. The van der Waals surface area contributed by atoms with Crippen molar-refractivity contribution in [2.45, 2.75) is 0 Å². The number of hydrogen-bond donors (Lipinski definition) is 0. The number of carboxylic acids is 1. The summed E-state index contributed by atoms with van der Waals surface area (Å²) in [5, 5.41) is 10.5. The minimum atomic E-state index is -1.17. The van der Waals surface area contributed by atoms with E-state index in [0.29, 0.717) is 0 Å². The summed E-state index contributed by atoms with van der Waals surface area (Å²) in [7, 11) is 0. The van der Waals surface area contributed by atoms with E-state index >= 15 is 0 Å². The maximum absolute atomic E-state index is 10.5. The fourth-order valence-electron chi connectivity index (χ4n) is 1.21. The molecule has 14 heavy (non-hydrogen) atoms. The summed E-state index contributed by atoms with van der Waals surface area (Å²) in [6.45, 7) is 0. The molecule has 0 spiro atoms. The predicted molar refractivity (Wildman–Crippen MR) is 48.5 cm³/mol. The van der Waals surface area contributed by atoms with Crippen molar-refractivity contribution in [3.8, 4) is 11.3 Å². The Hall–Kier alpha value is -2.03. The normalized spacial score (nSPS) is 10.0. The van der Waals surface area contributed by atoms with Gasteiger partial charge in [0.1, 0.15) is 5.76 Å². The second kappa shape index (κ2) is 3.38. The molecule has 0 aliphatic carbocycles. The Morgan fingerprint density at radius 3 is 2.36 bits per heavy atom. The molecule has 0 N–H and O–H groups in total. The first-order valence-electron chi connectivity index (χ1n) is 4.12. The number of furan rings is 1. The lowest BCUT2D eigenvalue weighted by Crippen LogP contribution is -2.21. The Morgan fingerprint density at radius 1 is 1.14 bits per heavy atom. The second-order valence-corrected chi connectivity index (χ2v) is 2.84. The van der Waals surface area contributed by atoms with Crippen molar-refractivity contribution in [1.82, 2.24) is 0 Å². The molecule has 1 heterocycles. The summed E-state index contributed by atoms with van der Waals surface area (Å²) < 4.78 is 5.16. The van der Waals surface area contributed by atoms with E-state index in [4.69, 9.17) is 4.42 Å². The molecule has 2 rings (SSSR count). The zero-order valence-electron chi connectivity index (χ0n) is 7.27. The number of rotatable bonds is 2. The maximum atomic E-state index is 10.5. The summed E-state index contributed by atoms with van der Waals surface area (Å²) in [5.41, 5.74) is 1.01. The molecule has 1 aromatic carbocycles. The second-order valence-electron chi connectivity index (χ2n) is 2.84. The Bertz CT molecular complexity index is 426.